The number of rotatable bonds is 4. The second kappa shape index (κ2) is 6.90. The molecule has 0 saturated heterocycles. The number of aliphatic hydroxyl groups excluding tert-OH is 1. The number of aryl methyl sites for hydroxylation is 2. The number of anilines is 1. The van der Waals surface area contributed by atoms with Gasteiger partial charge in [-0.3, -0.25) is 4.79 Å². The fraction of sp³-hybridized carbons (Fsp3) is 0.167. The van der Waals surface area contributed by atoms with Crippen LogP contribution in [0.25, 0.3) is 11.3 Å². The summed E-state index contributed by atoms with van der Waals surface area (Å²) in [6.07, 6.45) is 1.59. The Hall–Kier alpha value is -2.57. The predicted molar refractivity (Wildman–Crippen MR) is 95.1 cm³/mol. The number of carbonyl (C=O) groups is 1. The van der Waals surface area contributed by atoms with E-state index in [2.05, 4.69) is 15.3 Å². The van der Waals surface area contributed by atoms with Crippen LogP contribution in [0.4, 0.5) is 5.69 Å². The van der Waals surface area contributed by atoms with Gasteiger partial charge in [-0.2, -0.15) is 11.3 Å². The molecule has 122 valence electrons. The van der Waals surface area contributed by atoms with Crippen molar-refractivity contribution < 1.29 is 9.90 Å². The SMILES string of the molecule is Cc1cc(CO)cc(C)c1NC(=O)c1nccc(-c2ccsc2)n1. The Kier molecular flexibility index (Phi) is 4.69. The van der Waals surface area contributed by atoms with Crippen molar-refractivity contribution in [3.05, 3.63) is 63.7 Å². The van der Waals surface area contributed by atoms with Gasteiger partial charge < -0.3 is 10.4 Å². The molecule has 3 aromatic rings. The van der Waals surface area contributed by atoms with Crippen molar-refractivity contribution in [3.8, 4) is 11.3 Å². The van der Waals surface area contributed by atoms with Crippen LogP contribution >= 0.6 is 11.3 Å². The highest BCUT2D eigenvalue weighted by atomic mass is 32.1. The average Bonchev–Trinajstić information content (AvgIpc) is 3.12. The minimum absolute atomic E-state index is 0.0261. The zero-order chi connectivity index (χ0) is 17.1. The number of nitrogens with zero attached hydrogens (tertiary/aromatic N) is 2. The predicted octanol–water partition coefficient (Wildman–Crippen LogP) is 3.57. The van der Waals surface area contributed by atoms with Crippen LogP contribution in [0.1, 0.15) is 27.3 Å². The molecular weight excluding hydrogens is 322 g/mol. The van der Waals surface area contributed by atoms with Crippen LogP contribution in [0.5, 0.6) is 0 Å². The fourth-order valence-electron chi connectivity index (χ4n) is 2.55. The molecule has 3 rings (SSSR count). The third kappa shape index (κ3) is 3.34. The zero-order valence-electron chi connectivity index (χ0n) is 13.4. The monoisotopic (exact) mass is 339 g/mol. The minimum atomic E-state index is -0.352. The zero-order valence-corrected chi connectivity index (χ0v) is 14.2. The first kappa shape index (κ1) is 16.3. The van der Waals surface area contributed by atoms with E-state index in [1.165, 1.54) is 0 Å². The second-order valence-corrected chi connectivity index (χ2v) is 6.27. The summed E-state index contributed by atoms with van der Waals surface area (Å²) in [5, 5.41) is 16.1. The van der Waals surface area contributed by atoms with E-state index in [9.17, 15) is 9.90 Å². The lowest BCUT2D eigenvalue weighted by Crippen LogP contribution is -2.17. The van der Waals surface area contributed by atoms with E-state index in [4.69, 9.17) is 0 Å². The van der Waals surface area contributed by atoms with Gasteiger partial charge in [0.25, 0.3) is 5.91 Å². The first-order valence-electron chi connectivity index (χ1n) is 7.46. The van der Waals surface area contributed by atoms with Crippen molar-refractivity contribution in [1.82, 2.24) is 9.97 Å². The number of nitrogens with one attached hydrogen (secondary N) is 1. The summed E-state index contributed by atoms with van der Waals surface area (Å²) in [6, 6.07) is 7.44. The van der Waals surface area contributed by atoms with Gasteiger partial charge in [0.05, 0.1) is 12.3 Å². The van der Waals surface area contributed by atoms with Crippen molar-refractivity contribution >= 4 is 22.9 Å². The molecule has 6 heteroatoms. The highest BCUT2D eigenvalue weighted by Gasteiger charge is 2.14. The minimum Gasteiger partial charge on any atom is -0.392 e. The van der Waals surface area contributed by atoms with E-state index in [1.54, 1.807) is 23.6 Å². The van der Waals surface area contributed by atoms with Gasteiger partial charge in [0.15, 0.2) is 0 Å². The molecule has 24 heavy (non-hydrogen) atoms. The summed E-state index contributed by atoms with van der Waals surface area (Å²) < 4.78 is 0. The Bertz CT molecular complexity index is 853. The van der Waals surface area contributed by atoms with Crippen molar-refractivity contribution in [3.63, 3.8) is 0 Å². The quantitative estimate of drug-likeness (QED) is 0.762. The van der Waals surface area contributed by atoms with Gasteiger partial charge in [-0.05, 0) is 48.1 Å². The third-order valence-electron chi connectivity index (χ3n) is 3.69. The van der Waals surface area contributed by atoms with Gasteiger partial charge in [-0.1, -0.05) is 12.1 Å². The molecule has 0 radical (unpaired) electrons. The van der Waals surface area contributed by atoms with Crippen LogP contribution in [0, 0.1) is 13.8 Å². The molecule has 0 saturated carbocycles. The lowest BCUT2D eigenvalue weighted by Gasteiger charge is -2.13. The van der Waals surface area contributed by atoms with Crippen molar-refractivity contribution in [2.24, 2.45) is 0 Å². The molecule has 0 spiro atoms. The highest BCUT2D eigenvalue weighted by molar-refractivity contribution is 7.08. The van der Waals surface area contributed by atoms with E-state index >= 15 is 0 Å². The van der Waals surface area contributed by atoms with Crippen LogP contribution < -0.4 is 5.32 Å². The lowest BCUT2D eigenvalue weighted by atomic mass is 10.0. The summed E-state index contributed by atoms with van der Waals surface area (Å²) in [5.41, 5.74) is 5.01. The summed E-state index contributed by atoms with van der Waals surface area (Å²) in [4.78, 5) is 20.9. The molecule has 1 aromatic carbocycles. The summed E-state index contributed by atoms with van der Waals surface area (Å²) in [5.74, 6) is -0.223. The Morgan fingerprint density at radius 1 is 1.25 bits per heavy atom. The van der Waals surface area contributed by atoms with E-state index in [0.29, 0.717) is 0 Å². The van der Waals surface area contributed by atoms with E-state index < -0.39 is 0 Å². The molecule has 5 nitrogen and oxygen atoms in total. The Balaban J connectivity index is 1.87. The van der Waals surface area contributed by atoms with Gasteiger partial charge in [0.2, 0.25) is 5.82 Å². The lowest BCUT2D eigenvalue weighted by molar-refractivity contribution is 0.101. The smallest absolute Gasteiger partial charge is 0.293 e. The van der Waals surface area contributed by atoms with Crippen molar-refractivity contribution in [1.29, 1.82) is 0 Å². The highest BCUT2D eigenvalue weighted by Crippen LogP contribution is 2.23. The van der Waals surface area contributed by atoms with Crippen LogP contribution in [-0.2, 0) is 6.61 Å². The van der Waals surface area contributed by atoms with Gasteiger partial charge in [0, 0.05) is 22.8 Å². The first-order chi connectivity index (χ1) is 11.6. The van der Waals surface area contributed by atoms with Crippen molar-refractivity contribution in [2.75, 3.05) is 5.32 Å². The average molecular weight is 339 g/mol. The number of hydrogen-bond acceptors (Lipinski definition) is 5. The Morgan fingerprint density at radius 2 is 2.00 bits per heavy atom. The number of carbonyl (C=O) groups excluding carboxylic acids is 1. The topological polar surface area (TPSA) is 75.1 Å². The van der Waals surface area contributed by atoms with Gasteiger partial charge in [-0.25, -0.2) is 9.97 Å². The molecule has 0 aliphatic rings. The molecule has 1 amide bonds. The number of aromatic nitrogens is 2. The van der Waals surface area contributed by atoms with E-state index in [1.807, 2.05) is 42.8 Å². The maximum Gasteiger partial charge on any atom is 0.293 e. The molecule has 0 unspecified atom stereocenters. The van der Waals surface area contributed by atoms with Gasteiger partial charge >= 0.3 is 0 Å². The molecule has 0 aliphatic carbocycles. The summed E-state index contributed by atoms with van der Waals surface area (Å²) in [7, 11) is 0. The standard InChI is InChI=1S/C18H17N3O2S/c1-11-7-13(9-22)8-12(2)16(11)21-18(23)17-19-5-3-15(20-17)14-4-6-24-10-14/h3-8,10,22H,9H2,1-2H3,(H,21,23). The third-order valence-corrected chi connectivity index (χ3v) is 4.37. The summed E-state index contributed by atoms with van der Waals surface area (Å²) >= 11 is 1.58. The number of thiophene rings is 1. The molecule has 2 heterocycles. The number of benzene rings is 1. The molecule has 0 aliphatic heterocycles. The van der Waals surface area contributed by atoms with Crippen LogP contribution in [0.2, 0.25) is 0 Å². The van der Waals surface area contributed by atoms with Gasteiger partial charge in [-0.15, -0.1) is 0 Å². The largest absolute Gasteiger partial charge is 0.392 e. The van der Waals surface area contributed by atoms with Crippen molar-refractivity contribution in [2.45, 2.75) is 20.5 Å². The molecule has 2 N–H and O–H groups in total. The second-order valence-electron chi connectivity index (χ2n) is 5.49. The first-order valence-corrected chi connectivity index (χ1v) is 8.40. The number of amides is 1. The molecule has 0 bridgehead atoms. The molecule has 2 aromatic heterocycles. The van der Waals surface area contributed by atoms with Crippen LogP contribution in [0.3, 0.4) is 0 Å². The summed E-state index contributed by atoms with van der Waals surface area (Å²) in [6.45, 7) is 3.76. The number of aliphatic hydroxyl groups is 1. The van der Waals surface area contributed by atoms with E-state index in [0.717, 1.165) is 33.6 Å². The number of hydrogen-bond donors (Lipinski definition) is 2. The molecule has 0 fully saturated rings. The molecular formula is C18H17N3O2S. The fourth-order valence-corrected chi connectivity index (χ4v) is 3.20. The maximum absolute atomic E-state index is 12.5. The normalized spacial score (nSPS) is 10.6. The maximum atomic E-state index is 12.5. The van der Waals surface area contributed by atoms with Gasteiger partial charge in [0.1, 0.15) is 0 Å². The van der Waals surface area contributed by atoms with E-state index in [-0.39, 0.29) is 18.3 Å². The van der Waals surface area contributed by atoms with Crippen LogP contribution in [-0.4, -0.2) is 21.0 Å². The Morgan fingerprint density at radius 3 is 2.62 bits per heavy atom. The van der Waals surface area contributed by atoms with Crippen LogP contribution in [0.15, 0.2) is 41.2 Å². The Labute approximate surface area is 144 Å². The molecule has 0 atom stereocenters.